The first-order valence-electron chi connectivity index (χ1n) is 11.2. The summed E-state index contributed by atoms with van der Waals surface area (Å²) in [5, 5.41) is 33.7. The third kappa shape index (κ3) is 12.5. The minimum absolute atomic E-state index is 0.195. The van der Waals surface area contributed by atoms with Gasteiger partial charge in [-0.15, -0.1) is 0 Å². The van der Waals surface area contributed by atoms with Crippen molar-refractivity contribution < 1.29 is 29.7 Å². The van der Waals surface area contributed by atoms with E-state index < -0.39 is 29.9 Å². The largest absolute Gasteiger partial charge is 0.510 e. The topological polar surface area (TPSA) is 136 Å². The first kappa shape index (κ1) is 27.9. The van der Waals surface area contributed by atoms with Gasteiger partial charge < -0.3 is 26.0 Å². The second-order valence-electron chi connectivity index (χ2n) is 7.73. The summed E-state index contributed by atoms with van der Waals surface area (Å²) in [5.41, 5.74) is -0.342. The highest BCUT2D eigenvalue weighted by Gasteiger charge is 2.28. The average molecular weight is 429 g/mol. The maximum absolute atomic E-state index is 12.5. The number of amides is 2. The molecule has 2 unspecified atom stereocenters. The van der Waals surface area contributed by atoms with Gasteiger partial charge in [0.25, 0.3) is 5.91 Å². The summed E-state index contributed by atoms with van der Waals surface area (Å²) in [6, 6.07) is -1.55. The molecule has 0 saturated heterocycles. The van der Waals surface area contributed by atoms with Crippen molar-refractivity contribution in [3.63, 3.8) is 0 Å². The monoisotopic (exact) mass is 428 g/mol. The Kier molecular flexibility index (Phi) is 15.5. The van der Waals surface area contributed by atoms with E-state index in [1.807, 2.05) is 6.92 Å². The molecule has 8 heteroatoms. The maximum Gasteiger partial charge on any atom is 0.328 e. The van der Waals surface area contributed by atoms with E-state index in [1.165, 1.54) is 26.2 Å². The van der Waals surface area contributed by atoms with E-state index in [0.29, 0.717) is 12.8 Å². The van der Waals surface area contributed by atoms with Gasteiger partial charge in [0.2, 0.25) is 5.91 Å². The van der Waals surface area contributed by atoms with Crippen LogP contribution in [0.3, 0.4) is 0 Å². The number of carbonyl (C=O) groups is 3. The number of carbonyl (C=O) groups excluding carboxylic acids is 2. The molecule has 0 spiro atoms. The molecular formula is C22H40N2O6. The van der Waals surface area contributed by atoms with Crippen LogP contribution in [0.1, 0.15) is 97.8 Å². The van der Waals surface area contributed by atoms with Gasteiger partial charge in [-0.2, -0.15) is 0 Å². The summed E-state index contributed by atoms with van der Waals surface area (Å²) in [6.45, 7) is 5.39. The Morgan fingerprint density at radius 1 is 0.800 bits per heavy atom. The molecule has 0 aliphatic rings. The number of unbranched alkanes of at least 4 members (excludes halogenated alkanes) is 8. The van der Waals surface area contributed by atoms with E-state index in [-0.39, 0.29) is 24.3 Å². The molecule has 0 aromatic heterocycles. The van der Waals surface area contributed by atoms with Gasteiger partial charge in [0, 0.05) is 12.8 Å². The molecule has 0 radical (unpaired) electrons. The molecule has 174 valence electrons. The SMILES string of the molecule is CCCCCCCCCC(=O)N/C(C(=O)NC(C(=O)O)C(C)O)=C(/O)CCCCC. The smallest absolute Gasteiger partial charge is 0.328 e. The summed E-state index contributed by atoms with van der Waals surface area (Å²) in [5.74, 6) is -3.02. The quantitative estimate of drug-likeness (QED) is 0.137. The highest BCUT2D eigenvalue weighted by molar-refractivity contribution is 5.99. The van der Waals surface area contributed by atoms with Gasteiger partial charge >= 0.3 is 5.97 Å². The van der Waals surface area contributed by atoms with Crippen LogP contribution < -0.4 is 10.6 Å². The highest BCUT2D eigenvalue weighted by atomic mass is 16.4. The van der Waals surface area contributed by atoms with E-state index in [9.17, 15) is 24.6 Å². The molecule has 0 aliphatic heterocycles. The van der Waals surface area contributed by atoms with Crippen molar-refractivity contribution in [3.05, 3.63) is 11.5 Å². The molecule has 0 saturated carbocycles. The Morgan fingerprint density at radius 2 is 1.30 bits per heavy atom. The summed E-state index contributed by atoms with van der Waals surface area (Å²) in [7, 11) is 0. The molecule has 5 N–H and O–H groups in total. The van der Waals surface area contributed by atoms with Gasteiger partial charge in [0.15, 0.2) is 6.04 Å². The number of nitrogens with one attached hydrogen (secondary N) is 2. The summed E-state index contributed by atoms with van der Waals surface area (Å²) < 4.78 is 0. The molecule has 2 amide bonds. The summed E-state index contributed by atoms with van der Waals surface area (Å²) >= 11 is 0. The van der Waals surface area contributed by atoms with Crippen LogP contribution in [-0.2, 0) is 14.4 Å². The van der Waals surface area contributed by atoms with Crippen molar-refractivity contribution in [2.45, 2.75) is 110 Å². The van der Waals surface area contributed by atoms with Crippen molar-refractivity contribution >= 4 is 17.8 Å². The number of aliphatic carboxylic acids is 1. The van der Waals surface area contributed by atoms with Gasteiger partial charge in [0.1, 0.15) is 11.5 Å². The van der Waals surface area contributed by atoms with Crippen LogP contribution in [0.2, 0.25) is 0 Å². The molecule has 2 atom stereocenters. The fraction of sp³-hybridized carbons (Fsp3) is 0.773. The molecule has 0 aromatic rings. The van der Waals surface area contributed by atoms with E-state index in [4.69, 9.17) is 5.11 Å². The zero-order valence-corrected chi connectivity index (χ0v) is 18.7. The van der Waals surface area contributed by atoms with Crippen molar-refractivity contribution in [2.24, 2.45) is 0 Å². The average Bonchev–Trinajstić information content (AvgIpc) is 2.68. The van der Waals surface area contributed by atoms with E-state index >= 15 is 0 Å². The number of carboxylic acids is 1. The van der Waals surface area contributed by atoms with Crippen LogP contribution in [0.15, 0.2) is 11.5 Å². The molecule has 0 bridgehead atoms. The highest BCUT2D eigenvalue weighted by Crippen LogP contribution is 2.12. The summed E-state index contributed by atoms with van der Waals surface area (Å²) in [6.07, 6.45) is 8.82. The lowest BCUT2D eigenvalue weighted by molar-refractivity contribution is -0.144. The van der Waals surface area contributed by atoms with Gasteiger partial charge in [0.05, 0.1) is 6.10 Å². The Morgan fingerprint density at radius 3 is 1.83 bits per heavy atom. The predicted molar refractivity (Wildman–Crippen MR) is 116 cm³/mol. The minimum Gasteiger partial charge on any atom is -0.510 e. The molecule has 0 aromatic carbocycles. The van der Waals surface area contributed by atoms with Gasteiger partial charge in [-0.1, -0.05) is 65.2 Å². The number of allylic oxidation sites excluding steroid dienone is 1. The number of hydrogen-bond donors (Lipinski definition) is 5. The lowest BCUT2D eigenvalue weighted by atomic mass is 10.1. The number of rotatable bonds is 17. The normalized spacial score (nSPS) is 13.9. The van der Waals surface area contributed by atoms with Crippen LogP contribution in [0.4, 0.5) is 0 Å². The van der Waals surface area contributed by atoms with Crippen LogP contribution in [0.5, 0.6) is 0 Å². The first-order valence-corrected chi connectivity index (χ1v) is 11.2. The third-order valence-corrected chi connectivity index (χ3v) is 4.84. The number of carboxylic acid groups (broad SMARTS) is 1. The van der Waals surface area contributed by atoms with E-state index in [2.05, 4.69) is 17.6 Å². The second-order valence-corrected chi connectivity index (χ2v) is 7.73. The lowest BCUT2D eigenvalue weighted by Gasteiger charge is -2.19. The Labute approximate surface area is 180 Å². The molecule has 30 heavy (non-hydrogen) atoms. The zero-order valence-electron chi connectivity index (χ0n) is 18.7. The Bertz CT molecular complexity index is 560. The van der Waals surface area contributed by atoms with E-state index in [0.717, 1.165) is 32.1 Å². The fourth-order valence-electron chi connectivity index (χ4n) is 2.97. The zero-order chi connectivity index (χ0) is 22.9. The minimum atomic E-state index is -1.55. The molecule has 8 nitrogen and oxygen atoms in total. The second kappa shape index (κ2) is 16.7. The number of aliphatic hydroxyl groups is 2. The number of aliphatic hydroxyl groups excluding tert-OH is 2. The van der Waals surface area contributed by atoms with Crippen molar-refractivity contribution in [1.29, 1.82) is 0 Å². The first-order chi connectivity index (χ1) is 14.2. The lowest BCUT2D eigenvalue weighted by Crippen LogP contribution is -2.50. The van der Waals surface area contributed by atoms with Crippen molar-refractivity contribution in [1.82, 2.24) is 10.6 Å². The fourth-order valence-corrected chi connectivity index (χ4v) is 2.97. The maximum atomic E-state index is 12.5. The Hall–Kier alpha value is -2.09. The van der Waals surface area contributed by atoms with Crippen LogP contribution in [0, 0.1) is 0 Å². The molecule has 0 fully saturated rings. The van der Waals surface area contributed by atoms with Crippen LogP contribution in [0.25, 0.3) is 0 Å². The van der Waals surface area contributed by atoms with Gasteiger partial charge in [-0.05, 0) is 19.8 Å². The van der Waals surface area contributed by atoms with Gasteiger partial charge in [-0.3, -0.25) is 9.59 Å². The number of hydrogen-bond acceptors (Lipinski definition) is 5. The summed E-state index contributed by atoms with van der Waals surface area (Å²) in [4.78, 5) is 36.0. The van der Waals surface area contributed by atoms with Crippen molar-refractivity contribution in [2.75, 3.05) is 0 Å². The Balaban J connectivity index is 4.93. The van der Waals surface area contributed by atoms with E-state index in [1.54, 1.807) is 0 Å². The van der Waals surface area contributed by atoms with Crippen LogP contribution in [-0.4, -0.2) is 45.2 Å². The molecule has 0 aliphatic carbocycles. The van der Waals surface area contributed by atoms with Gasteiger partial charge in [-0.25, -0.2) is 4.79 Å². The molecule has 0 rings (SSSR count). The van der Waals surface area contributed by atoms with Crippen LogP contribution >= 0.6 is 0 Å². The molecule has 0 heterocycles. The third-order valence-electron chi connectivity index (χ3n) is 4.84. The van der Waals surface area contributed by atoms with Crippen molar-refractivity contribution in [3.8, 4) is 0 Å². The standard InChI is InChI=1S/C22H40N2O6/c1-4-6-8-9-10-11-13-15-18(27)23-20(17(26)14-12-7-5-2)21(28)24-19(16(3)25)22(29)30/h16,19,25-26H,4-15H2,1-3H3,(H,23,27)(H,24,28)(H,29,30)/b20-17+. The molecular weight excluding hydrogens is 388 g/mol. The predicted octanol–water partition coefficient (Wildman–Crippen LogP) is 3.54.